The molecule has 0 saturated carbocycles. The molecule has 0 aliphatic rings. The number of amides is 2. The summed E-state index contributed by atoms with van der Waals surface area (Å²) < 4.78 is 0. The molecule has 98 valence electrons. The summed E-state index contributed by atoms with van der Waals surface area (Å²) in [5, 5.41) is 5.22. The average Bonchev–Trinajstić information content (AvgIpc) is 2.35. The van der Waals surface area contributed by atoms with Gasteiger partial charge in [0.1, 0.15) is 11.5 Å². The fourth-order valence-corrected chi connectivity index (χ4v) is 1.39. The Kier molecular flexibility index (Phi) is 4.25. The van der Waals surface area contributed by atoms with E-state index in [1.165, 1.54) is 0 Å². The second-order valence-corrected chi connectivity index (χ2v) is 4.59. The van der Waals surface area contributed by atoms with Crippen molar-refractivity contribution in [1.82, 2.24) is 15.6 Å². The molecule has 6 nitrogen and oxygen atoms in total. The Hall–Kier alpha value is -2.11. The van der Waals surface area contributed by atoms with E-state index in [0.717, 1.165) is 0 Å². The SMILES string of the molecule is CNC(=O)C(C)(C)CNC(=O)c1cccc(N)n1. The van der Waals surface area contributed by atoms with Gasteiger partial charge in [-0.15, -0.1) is 0 Å². The number of nitrogen functional groups attached to an aromatic ring is 1. The number of rotatable bonds is 4. The number of hydrogen-bond donors (Lipinski definition) is 3. The molecule has 1 aromatic heterocycles. The van der Waals surface area contributed by atoms with Gasteiger partial charge in [-0.3, -0.25) is 9.59 Å². The molecule has 0 saturated heterocycles. The number of nitrogens with two attached hydrogens (primary N) is 1. The molecule has 1 aromatic rings. The number of anilines is 1. The molecule has 4 N–H and O–H groups in total. The summed E-state index contributed by atoms with van der Waals surface area (Å²) >= 11 is 0. The highest BCUT2D eigenvalue weighted by Gasteiger charge is 2.27. The molecular weight excluding hydrogens is 232 g/mol. The molecule has 2 amide bonds. The Morgan fingerprint density at radius 1 is 1.39 bits per heavy atom. The summed E-state index contributed by atoms with van der Waals surface area (Å²) in [6.07, 6.45) is 0. The van der Waals surface area contributed by atoms with Crippen LogP contribution < -0.4 is 16.4 Å². The molecule has 0 aliphatic carbocycles. The minimum absolute atomic E-state index is 0.136. The maximum atomic E-state index is 11.8. The third kappa shape index (κ3) is 3.44. The smallest absolute Gasteiger partial charge is 0.270 e. The van der Waals surface area contributed by atoms with Gasteiger partial charge in [-0.2, -0.15) is 0 Å². The fraction of sp³-hybridized carbons (Fsp3) is 0.417. The molecular formula is C12H18N4O2. The van der Waals surface area contributed by atoms with Crippen molar-refractivity contribution in [1.29, 1.82) is 0 Å². The largest absolute Gasteiger partial charge is 0.384 e. The molecule has 0 fully saturated rings. The highest BCUT2D eigenvalue weighted by atomic mass is 16.2. The van der Waals surface area contributed by atoms with Gasteiger partial charge < -0.3 is 16.4 Å². The number of nitrogens with one attached hydrogen (secondary N) is 2. The summed E-state index contributed by atoms with van der Waals surface area (Å²) in [5.41, 5.74) is 5.06. The highest BCUT2D eigenvalue weighted by Crippen LogP contribution is 2.13. The molecule has 0 spiro atoms. The third-order valence-electron chi connectivity index (χ3n) is 2.54. The van der Waals surface area contributed by atoms with E-state index in [-0.39, 0.29) is 29.9 Å². The maximum Gasteiger partial charge on any atom is 0.270 e. The number of nitrogens with zero attached hydrogens (tertiary/aromatic N) is 1. The predicted octanol–water partition coefficient (Wildman–Crippen LogP) is 0.166. The second kappa shape index (κ2) is 5.48. The topological polar surface area (TPSA) is 97.1 Å². The second-order valence-electron chi connectivity index (χ2n) is 4.59. The van der Waals surface area contributed by atoms with E-state index in [0.29, 0.717) is 0 Å². The lowest BCUT2D eigenvalue weighted by atomic mass is 9.92. The van der Waals surface area contributed by atoms with Crippen LogP contribution >= 0.6 is 0 Å². The van der Waals surface area contributed by atoms with E-state index < -0.39 is 5.41 Å². The first-order valence-electron chi connectivity index (χ1n) is 5.60. The Labute approximate surface area is 106 Å². The first kappa shape index (κ1) is 14.0. The van der Waals surface area contributed by atoms with Crippen LogP contribution in [-0.4, -0.2) is 30.4 Å². The van der Waals surface area contributed by atoms with E-state index in [2.05, 4.69) is 15.6 Å². The molecule has 18 heavy (non-hydrogen) atoms. The van der Waals surface area contributed by atoms with Crippen LogP contribution in [0.4, 0.5) is 5.82 Å². The predicted molar refractivity (Wildman–Crippen MR) is 68.8 cm³/mol. The van der Waals surface area contributed by atoms with E-state index in [4.69, 9.17) is 5.73 Å². The van der Waals surface area contributed by atoms with E-state index in [1.807, 2.05) is 0 Å². The number of carbonyl (C=O) groups is 2. The van der Waals surface area contributed by atoms with Crippen LogP contribution in [0.15, 0.2) is 18.2 Å². The number of pyridine rings is 1. The zero-order chi connectivity index (χ0) is 13.8. The summed E-state index contributed by atoms with van der Waals surface area (Å²) in [6.45, 7) is 3.72. The van der Waals surface area contributed by atoms with Crippen LogP contribution in [0.3, 0.4) is 0 Å². The number of hydrogen-bond acceptors (Lipinski definition) is 4. The normalized spacial score (nSPS) is 10.8. The Bertz CT molecular complexity index is 457. The van der Waals surface area contributed by atoms with Crippen molar-refractivity contribution in [3.63, 3.8) is 0 Å². The van der Waals surface area contributed by atoms with Crippen LogP contribution in [0, 0.1) is 5.41 Å². The minimum atomic E-state index is -0.676. The van der Waals surface area contributed by atoms with E-state index >= 15 is 0 Å². The first-order chi connectivity index (χ1) is 8.36. The number of aromatic nitrogens is 1. The van der Waals surface area contributed by atoms with Gasteiger partial charge in [0.25, 0.3) is 5.91 Å². The van der Waals surface area contributed by atoms with Crippen LogP contribution in [0.5, 0.6) is 0 Å². The van der Waals surface area contributed by atoms with Crippen molar-refractivity contribution in [3.8, 4) is 0 Å². The average molecular weight is 250 g/mol. The Balaban J connectivity index is 2.64. The van der Waals surface area contributed by atoms with Crippen LogP contribution in [0.2, 0.25) is 0 Å². The number of carbonyl (C=O) groups excluding carboxylic acids is 2. The minimum Gasteiger partial charge on any atom is -0.384 e. The first-order valence-corrected chi connectivity index (χ1v) is 5.60. The van der Waals surface area contributed by atoms with E-state index in [9.17, 15) is 9.59 Å². The fourth-order valence-electron chi connectivity index (χ4n) is 1.39. The molecule has 0 aliphatic heterocycles. The Morgan fingerprint density at radius 2 is 2.06 bits per heavy atom. The van der Waals surface area contributed by atoms with Crippen molar-refractivity contribution < 1.29 is 9.59 Å². The summed E-state index contributed by atoms with van der Waals surface area (Å²) in [6, 6.07) is 4.82. The lowest BCUT2D eigenvalue weighted by Gasteiger charge is -2.22. The van der Waals surface area contributed by atoms with Gasteiger partial charge in [-0.25, -0.2) is 4.98 Å². The monoisotopic (exact) mass is 250 g/mol. The quantitative estimate of drug-likeness (QED) is 0.709. The molecule has 0 radical (unpaired) electrons. The summed E-state index contributed by atoms with van der Waals surface area (Å²) in [7, 11) is 1.56. The Morgan fingerprint density at radius 3 is 2.61 bits per heavy atom. The van der Waals surface area contributed by atoms with Gasteiger partial charge in [0.2, 0.25) is 5.91 Å². The maximum absolute atomic E-state index is 11.8. The summed E-state index contributed by atoms with van der Waals surface area (Å²) in [4.78, 5) is 27.2. The zero-order valence-corrected chi connectivity index (χ0v) is 10.8. The lowest BCUT2D eigenvalue weighted by Crippen LogP contribution is -2.43. The van der Waals surface area contributed by atoms with Gasteiger partial charge in [0.15, 0.2) is 0 Å². The van der Waals surface area contributed by atoms with Crippen LogP contribution in [0.1, 0.15) is 24.3 Å². The van der Waals surface area contributed by atoms with E-state index in [1.54, 1.807) is 39.1 Å². The third-order valence-corrected chi connectivity index (χ3v) is 2.54. The van der Waals surface area contributed by atoms with Gasteiger partial charge >= 0.3 is 0 Å². The molecule has 0 unspecified atom stereocenters. The van der Waals surface area contributed by atoms with Crippen LogP contribution in [-0.2, 0) is 4.79 Å². The van der Waals surface area contributed by atoms with Gasteiger partial charge in [0.05, 0.1) is 5.41 Å². The lowest BCUT2D eigenvalue weighted by molar-refractivity contribution is -0.128. The summed E-state index contributed by atoms with van der Waals surface area (Å²) in [5.74, 6) is -0.198. The molecule has 6 heteroatoms. The van der Waals surface area contributed by atoms with Crippen LogP contribution in [0.25, 0.3) is 0 Å². The van der Waals surface area contributed by atoms with Crippen molar-refractivity contribution >= 4 is 17.6 Å². The highest BCUT2D eigenvalue weighted by molar-refractivity contribution is 5.93. The molecule has 0 aromatic carbocycles. The standard InChI is InChI=1S/C12H18N4O2/c1-12(2,11(18)14-3)7-15-10(17)8-5-4-6-9(13)16-8/h4-6H,7H2,1-3H3,(H2,13,16)(H,14,18)(H,15,17). The molecule has 1 heterocycles. The molecule has 0 atom stereocenters. The molecule has 0 bridgehead atoms. The van der Waals surface area contributed by atoms with Crippen molar-refractivity contribution in [2.75, 3.05) is 19.3 Å². The van der Waals surface area contributed by atoms with Crippen molar-refractivity contribution in [2.45, 2.75) is 13.8 Å². The van der Waals surface area contributed by atoms with Gasteiger partial charge in [0, 0.05) is 13.6 Å². The van der Waals surface area contributed by atoms with Gasteiger partial charge in [-0.1, -0.05) is 6.07 Å². The van der Waals surface area contributed by atoms with Crippen molar-refractivity contribution in [2.24, 2.45) is 5.41 Å². The van der Waals surface area contributed by atoms with Gasteiger partial charge in [-0.05, 0) is 26.0 Å². The zero-order valence-electron chi connectivity index (χ0n) is 10.8. The molecule has 1 rings (SSSR count). The van der Waals surface area contributed by atoms with Crippen molar-refractivity contribution in [3.05, 3.63) is 23.9 Å².